The highest BCUT2D eigenvalue weighted by Gasteiger charge is 2.20. The molecule has 0 N–H and O–H groups in total. The summed E-state index contributed by atoms with van der Waals surface area (Å²) in [5, 5.41) is 15.2. The topological polar surface area (TPSA) is 72.9 Å². The molecule has 0 spiro atoms. The summed E-state index contributed by atoms with van der Waals surface area (Å²) in [4.78, 5) is 2.44. The third-order valence-corrected chi connectivity index (χ3v) is 6.07. The number of aromatic nitrogens is 5. The number of nitrogens with zero attached hydrogens (tertiary/aromatic N) is 6. The molecule has 0 radical (unpaired) electrons. The Bertz CT molecular complexity index is 1320. The fourth-order valence-electron chi connectivity index (χ4n) is 4.11. The summed E-state index contributed by atoms with van der Waals surface area (Å²) < 4.78 is 46.5. The van der Waals surface area contributed by atoms with Crippen molar-refractivity contribution in [1.82, 2.24) is 30.1 Å². The molecule has 0 saturated heterocycles. The Balaban J connectivity index is 1.32. The highest BCUT2D eigenvalue weighted by Crippen LogP contribution is 2.27. The summed E-state index contributed by atoms with van der Waals surface area (Å²) in [7, 11) is 0. The van der Waals surface area contributed by atoms with Crippen molar-refractivity contribution in [1.29, 1.82) is 0 Å². The van der Waals surface area contributed by atoms with Crippen LogP contribution in [0.3, 0.4) is 0 Å². The predicted molar refractivity (Wildman–Crippen MR) is 118 cm³/mol. The van der Waals surface area contributed by atoms with Crippen LogP contribution >= 0.6 is 0 Å². The molecule has 0 bridgehead atoms. The number of alkyl halides is 2. The fraction of sp³-hybridized carbons (Fsp3) is 0.333. The van der Waals surface area contributed by atoms with Crippen LogP contribution in [0.2, 0.25) is 0 Å². The van der Waals surface area contributed by atoms with Crippen molar-refractivity contribution in [3.05, 3.63) is 71.0 Å². The lowest BCUT2D eigenvalue weighted by Crippen LogP contribution is -2.35. The summed E-state index contributed by atoms with van der Waals surface area (Å²) in [6, 6.07) is 11.1. The van der Waals surface area contributed by atoms with E-state index < -0.39 is 18.1 Å². The Morgan fingerprint density at radius 3 is 2.56 bits per heavy atom. The first-order valence-corrected chi connectivity index (χ1v) is 11.0. The van der Waals surface area contributed by atoms with Crippen molar-refractivity contribution < 1.29 is 17.6 Å². The molecule has 34 heavy (non-hydrogen) atoms. The van der Waals surface area contributed by atoms with E-state index in [2.05, 4.69) is 51.4 Å². The molecule has 176 valence electrons. The van der Waals surface area contributed by atoms with Crippen LogP contribution in [-0.2, 0) is 19.5 Å². The van der Waals surface area contributed by atoms with Crippen molar-refractivity contribution in [3.8, 4) is 22.7 Å². The smallest absolute Gasteiger partial charge is 0.314 e. The van der Waals surface area contributed by atoms with Gasteiger partial charge in [0.15, 0.2) is 0 Å². The predicted octanol–water partition coefficient (Wildman–Crippen LogP) is 4.89. The second kappa shape index (κ2) is 9.02. The molecule has 3 heterocycles. The minimum Gasteiger partial charge on any atom is -0.415 e. The van der Waals surface area contributed by atoms with E-state index in [1.165, 1.54) is 23.3 Å². The summed E-state index contributed by atoms with van der Waals surface area (Å²) in [5.74, 6) is -1.49. The number of hydrogen-bond acceptors (Lipinski definition) is 6. The summed E-state index contributed by atoms with van der Waals surface area (Å²) >= 11 is 0. The SMILES string of the molecule is CC(C)N1CCc2ccc(-c3cn(Cc4ccc(-c5nnc(C(F)F)o5)cc4F)nn3)cc2C1. The molecule has 0 aliphatic carbocycles. The Morgan fingerprint density at radius 2 is 1.82 bits per heavy atom. The second-order valence-electron chi connectivity index (χ2n) is 8.65. The van der Waals surface area contributed by atoms with E-state index in [9.17, 15) is 13.2 Å². The Labute approximate surface area is 194 Å². The lowest BCUT2D eigenvalue weighted by Gasteiger charge is -2.32. The van der Waals surface area contributed by atoms with Crippen molar-refractivity contribution in [2.24, 2.45) is 0 Å². The van der Waals surface area contributed by atoms with Gasteiger partial charge in [-0.2, -0.15) is 8.78 Å². The number of rotatable bonds is 6. The van der Waals surface area contributed by atoms with Gasteiger partial charge in [-0.15, -0.1) is 15.3 Å². The van der Waals surface area contributed by atoms with Gasteiger partial charge in [0.05, 0.1) is 12.7 Å². The van der Waals surface area contributed by atoms with Crippen molar-refractivity contribution in [2.75, 3.05) is 6.54 Å². The molecule has 1 aliphatic heterocycles. The molecule has 0 atom stereocenters. The van der Waals surface area contributed by atoms with Gasteiger partial charge >= 0.3 is 6.43 Å². The van der Waals surface area contributed by atoms with Gasteiger partial charge < -0.3 is 4.42 Å². The van der Waals surface area contributed by atoms with E-state index in [1.54, 1.807) is 16.9 Å². The van der Waals surface area contributed by atoms with Gasteiger partial charge in [0.1, 0.15) is 11.5 Å². The molecule has 1 aliphatic rings. The average molecular weight is 468 g/mol. The molecule has 10 heteroatoms. The van der Waals surface area contributed by atoms with Gasteiger partial charge in [0, 0.05) is 35.8 Å². The largest absolute Gasteiger partial charge is 0.415 e. The Kier molecular flexibility index (Phi) is 5.91. The minimum absolute atomic E-state index is 0.160. The lowest BCUT2D eigenvalue weighted by atomic mass is 9.96. The van der Waals surface area contributed by atoms with Crippen LogP contribution in [0.15, 0.2) is 47.0 Å². The van der Waals surface area contributed by atoms with E-state index in [-0.39, 0.29) is 18.0 Å². The number of hydrogen-bond donors (Lipinski definition) is 0. The van der Waals surface area contributed by atoms with Crippen LogP contribution in [0.25, 0.3) is 22.7 Å². The first kappa shape index (κ1) is 22.3. The van der Waals surface area contributed by atoms with Crippen LogP contribution in [0.1, 0.15) is 42.9 Å². The van der Waals surface area contributed by atoms with Gasteiger partial charge in [-0.3, -0.25) is 4.90 Å². The first-order valence-electron chi connectivity index (χ1n) is 11.0. The molecule has 2 aromatic carbocycles. The van der Waals surface area contributed by atoms with E-state index >= 15 is 0 Å². The van der Waals surface area contributed by atoms with Crippen molar-refractivity contribution in [2.45, 2.75) is 45.8 Å². The molecule has 2 aromatic heterocycles. The van der Waals surface area contributed by atoms with Crippen LogP contribution in [0.5, 0.6) is 0 Å². The van der Waals surface area contributed by atoms with Crippen LogP contribution in [0.4, 0.5) is 13.2 Å². The molecular weight excluding hydrogens is 445 g/mol. The van der Waals surface area contributed by atoms with E-state index in [4.69, 9.17) is 4.42 Å². The van der Waals surface area contributed by atoms with Gasteiger partial charge in [-0.1, -0.05) is 23.4 Å². The maximum atomic E-state index is 14.7. The molecule has 0 unspecified atom stereocenters. The third-order valence-electron chi connectivity index (χ3n) is 6.07. The lowest BCUT2D eigenvalue weighted by molar-refractivity contribution is 0.116. The van der Waals surface area contributed by atoms with Gasteiger partial charge in [-0.25, -0.2) is 9.07 Å². The normalized spacial score (nSPS) is 14.2. The summed E-state index contributed by atoms with van der Waals surface area (Å²) in [5.41, 5.74) is 4.93. The maximum Gasteiger partial charge on any atom is 0.314 e. The molecule has 4 aromatic rings. The van der Waals surface area contributed by atoms with E-state index in [0.29, 0.717) is 17.3 Å². The fourth-order valence-corrected chi connectivity index (χ4v) is 4.11. The highest BCUT2D eigenvalue weighted by atomic mass is 19.3. The second-order valence-corrected chi connectivity index (χ2v) is 8.65. The van der Waals surface area contributed by atoms with Crippen LogP contribution < -0.4 is 0 Å². The summed E-state index contributed by atoms with van der Waals surface area (Å²) in [6.45, 7) is 6.54. The van der Waals surface area contributed by atoms with Crippen LogP contribution in [0, 0.1) is 5.82 Å². The van der Waals surface area contributed by atoms with Crippen LogP contribution in [-0.4, -0.2) is 42.7 Å². The molecule has 0 fully saturated rings. The summed E-state index contributed by atoms with van der Waals surface area (Å²) in [6.07, 6.45) is -0.0652. The molecule has 0 saturated carbocycles. The number of benzene rings is 2. The van der Waals surface area contributed by atoms with Gasteiger partial charge in [0.25, 0.3) is 5.89 Å². The van der Waals surface area contributed by atoms with Gasteiger partial charge in [0.2, 0.25) is 5.89 Å². The first-order chi connectivity index (χ1) is 16.4. The maximum absolute atomic E-state index is 14.7. The zero-order chi connectivity index (χ0) is 23.8. The number of fused-ring (bicyclic) bond motifs is 1. The zero-order valence-electron chi connectivity index (χ0n) is 18.8. The highest BCUT2D eigenvalue weighted by molar-refractivity contribution is 5.60. The molecule has 5 rings (SSSR count). The van der Waals surface area contributed by atoms with Crippen molar-refractivity contribution >= 4 is 0 Å². The molecule has 0 amide bonds. The van der Waals surface area contributed by atoms with E-state index in [0.717, 1.165) is 25.1 Å². The number of halogens is 3. The zero-order valence-corrected chi connectivity index (χ0v) is 18.8. The minimum atomic E-state index is -2.88. The quantitative estimate of drug-likeness (QED) is 0.401. The monoisotopic (exact) mass is 468 g/mol. The Morgan fingerprint density at radius 1 is 1.00 bits per heavy atom. The van der Waals surface area contributed by atoms with Crippen molar-refractivity contribution in [3.63, 3.8) is 0 Å². The van der Waals surface area contributed by atoms with Gasteiger partial charge in [-0.05, 0) is 49.6 Å². The van der Waals surface area contributed by atoms with E-state index in [1.807, 2.05) is 6.07 Å². The standard InChI is InChI=1S/C24H23F3N6O/c1-14(2)32-8-7-15-3-4-16(9-19(15)11-32)21-13-33(31-28-21)12-18-6-5-17(10-20(18)25)23-29-30-24(34-23)22(26)27/h3-6,9-10,13-14,22H,7-8,11-12H2,1-2H3. The molecule has 7 nitrogen and oxygen atoms in total. The average Bonchev–Trinajstić information content (AvgIpc) is 3.50. The molecular formula is C24H23F3N6O. The third kappa shape index (κ3) is 4.45. The Hall–Kier alpha value is -3.53.